The molecule has 2 aromatic carbocycles. The van der Waals surface area contributed by atoms with E-state index in [0.29, 0.717) is 36.4 Å². The number of nitrogens with zero attached hydrogens (tertiary/aromatic N) is 1. The van der Waals surface area contributed by atoms with Gasteiger partial charge in [0.2, 0.25) is 5.91 Å². The van der Waals surface area contributed by atoms with Gasteiger partial charge in [0.15, 0.2) is 0 Å². The van der Waals surface area contributed by atoms with Crippen molar-refractivity contribution in [3.05, 3.63) is 58.1 Å². The molecule has 2 rings (SSSR count). The number of anilines is 1. The molecule has 0 radical (unpaired) electrons. The van der Waals surface area contributed by atoms with Gasteiger partial charge in [-0.1, -0.05) is 41.4 Å². The lowest BCUT2D eigenvalue weighted by Gasteiger charge is -2.13. The highest BCUT2D eigenvalue weighted by Gasteiger charge is 2.14. The second-order valence-electron chi connectivity index (χ2n) is 6.79. The van der Waals surface area contributed by atoms with Crippen LogP contribution < -0.4 is 10.1 Å². The van der Waals surface area contributed by atoms with Crippen LogP contribution in [0.1, 0.15) is 42.1 Å². The fraction of sp³-hybridized carbons (Fsp3) is 0.364. The van der Waals surface area contributed by atoms with Crippen LogP contribution in [-0.4, -0.2) is 37.4 Å². The Morgan fingerprint density at radius 3 is 2.64 bits per heavy atom. The smallest absolute Gasteiger partial charge is 0.259 e. The number of nitrogens with one attached hydrogen (secondary N) is 1. The first-order chi connectivity index (χ1) is 13.4. The van der Waals surface area contributed by atoms with Gasteiger partial charge < -0.3 is 15.0 Å². The molecule has 2 aromatic rings. The number of halogens is 1. The van der Waals surface area contributed by atoms with Crippen molar-refractivity contribution in [3.63, 3.8) is 0 Å². The lowest BCUT2D eigenvalue weighted by Crippen LogP contribution is -2.21. The molecule has 150 valence electrons. The van der Waals surface area contributed by atoms with Gasteiger partial charge in [-0.3, -0.25) is 9.59 Å². The van der Waals surface area contributed by atoms with Crippen LogP contribution in [0.3, 0.4) is 0 Å². The third-order valence-electron chi connectivity index (χ3n) is 4.25. The van der Waals surface area contributed by atoms with E-state index in [2.05, 4.69) is 28.2 Å². The Hall–Kier alpha value is -2.34. The number of amides is 2. The highest BCUT2D eigenvalue weighted by Crippen LogP contribution is 2.25. The molecule has 0 unspecified atom stereocenters. The molecule has 0 spiro atoms. The van der Waals surface area contributed by atoms with Crippen molar-refractivity contribution >= 4 is 33.4 Å². The summed E-state index contributed by atoms with van der Waals surface area (Å²) in [6.45, 7) is 2.67. The first-order valence-corrected chi connectivity index (χ1v) is 10.2. The molecular formula is C22H27BrN2O3. The molecule has 2 amide bonds. The van der Waals surface area contributed by atoms with Crippen molar-refractivity contribution in [2.24, 2.45) is 0 Å². The number of ether oxygens (including phenoxy) is 1. The van der Waals surface area contributed by atoms with Gasteiger partial charge in [-0.05, 0) is 48.7 Å². The molecule has 0 saturated heterocycles. The van der Waals surface area contributed by atoms with E-state index in [-0.39, 0.29) is 11.8 Å². The number of hydrogen-bond acceptors (Lipinski definition) is 3. The largest absolute Gasteiger partial charge is 0.493 e. The van der Waals surface area contributed by atoms with Gasteiger partial charge in [-0.2, -0.15) is 0 Å². The molecule has 0 aliphatic carbocycles. The molecule has 6 heteroatoms. The average Bonchev–Trinajstić information content (AvgIpc) is 2.67. The van der Waals surface area contributed by atoms with E-state index in [4.69, 9.17) is 4.74 Å². The molecule has 0 aromatic heterocycles. The summed E-state index contributed by atoms with van der Waals surface area (Å²) >= 11 is 3.42. The topological polar surface area (TPSA) is 58.6 Å². The molecule has 0 aliphatic heterocycles. The summed E-state index contributed by atoms with van der Waals surface area (Å²) < 4.78 is 6.59. The molecule has 28 heavy (non-hydrogen) atoms. The molecule has 0 heterocycles. The Bertz CT molecular complexity index is 821. The molecule has 0 atom stereocenters. The summed E-state index contributed by atoms with van der Waals surface area (Å²) in [6.07, 6.45) is 3.03. The standard InChI is InChI=1S/C22H27BrN2O3/c1-4-5-13-28-20-11-10-17(23)15-19(20)22(27)24-18-8-6-7-16(14-18)9-12-21(26)25(2)3/h6-8,10-11,14-15H,4-5,9,12-13H2,1-3H3,(H,24,27). The first-order valence-electron chi connectivity index (χ1n) is 9.43. The van der Waals surface area contributed by atoms with E-state index >= 15 is 0 Å². The Labute approximate surface area is 175 Å². The van der Waals surface area contributed by atoms with Gasteiger partial charge >= 0.3 is 0 Å². The number of aryl methyl sites for hydroxylation is 1. The van der Waals surface area contributed by atoms with Crippen LogP contribution in [0.2, 0.25) is 0 Å². The Morgan fingerprint density at radius 2 is 1.93 bits per heavy atom. The third-order valence-corrected chi connectivity index (χ3v) is 4.75. The van der Waals surface area contributed by atoms with Crippen molar-refractivity contribution in [2.45, 2.75) is 32.6 Å². The summed E-state index contributed by atoms with van der Waals surface area (Å²) in [4.78, 5) is 26.2. The van der Waals surface area contributed by atoms with Crippen LogP contribution in [0.4, 0.5) is 5.69 Å². The van der Waals surface area contributed by atoms with E-state index in [1.165, 1.54) is 0 Å². The van der Waals surface area contributed by atoms with Crippen LogP contribution in [0.15, 0.2) is 46.9 Å². The molecule has 0 fully saturated rings. The van der Waals surface area contributed by atoms with Crippen LogP contribution in [-0.2, 0) is 11.2 Å². The van der Waals surface area contributed by atoms with Gasteiger partial charge in [0, 0.05) is 30.7 Å². The zero-order chi connectivity index (χ0) is 20.5. The average molecular weight is 447 g/mol. The van der Waals surface area contributed by atoms with Crippen molar-refractivity contribution in [3.8, 4) is 5.75 Å². The minimum Gasteiger partial charge on any atom is -0.493 e. The maximum absolute atomic E-state index is 12.8. The second kappa shape index (κ2) is 10.9. The molecule has 0 aliphatic rings. The van der Waals surface area contributed by atoms with Crippen LogP contribution in [0, 0.1) is 0 Å². The molecule has 1 N–H and O–H groups in total. The fourth-order valence-electron chi connectivity index (χ4n) is 2.61. The van der Waals surface area contributed by atoms with Gasteiger partial charge in [-0.25, -0.2) is 0 Å². The van der Waals surface area contributed by atoms with E-state index in [0.717, 1.165) is 22.9 Å². The second-order valence-corrected chi connectivity index (χ2v) is 7.70. The summed E-state index contributed by atoms with van der Waals surface area (Å²) in [5.41, 5.74) is 2.18. The Balaban J connectivity index is 2.09. The summed E-state index contributed by atoms with van der Waals surface area (Å²) in [5.74, 6) is 0.425. The van der Waals surface area contributed by atoms with E-state index in [1.54, 1.807) is 31.1 Å². The minimum absolute atomic E-state index is 0.0810. The Kier molecular flexibility index (Phi) is 8.51. The number of benzene rings is 2. The van der Waals surface area contributed by atoms with E-state index in [1.807, 2.05) is 30.3 Å². The molecular weight excluding hydrogens is 420 g/mol. The number of unbranched alkanes of at least 4 members (excludes halogenated alkanes) is 1. The van der Waals surface area contributed by atoms with E-state index < -0.39 is 0 Å². The molecule has 0 bridgehead atoms. The fourth-order valence-corrected chi connectivity index (χ4v) is 2.97. The monoisotopic (exact) mass is 446 g/mol. The van der Waals surface area contributed by atoms with Gasteiger partial charge in [-0.15, -0.1) is 0 Å². The molecule has 0 saturated carbocycles. The summed E-state index contributed by atoms with van der Waals surface area (Å²) in [6, 6.07) is 13.0. The zero-order valence-electron chi connectivity index (χ0n) is 16.6. The van der Waals surface area contributed by atoms with Gasteiger partial charge in [0.25, 0.3) is 5.91 Å². The number of carbonyl (C=O) groups is 2. The van der Waals surface area contributed by atoms with E-state index in [9.17, 15) is 9.59 Å². The normalized spacial score (nSPS) is 10.4. The van der Waals surface area contributed by atoms with Crippen molar-refractivity contribution in [1.29, 1.82) is 0 Å². The summed E-state index contributed by atoms with van der Waals surface area (Å²) in [5, 5.41) is 2.93. The highest BCUT2D eigenvalue weighted by atomic mass is 79.9. The number of hydrogen-bond donors (Lipinski definition) is 1. The lowest BCUT2D eigenvalue weighted by molar-refractivity contribution is -0.128. The van der Waals surface area contributed by atoms with Crippen LogP contribution >= 0.6 is 15.9 Å². The van der Waals surface area contributed by atoms with Crippen molar-refractivity contribution in [2.75, 3.05) is 26.0 Å². The predicted molar refractivity (Wildman–Crippen MR) is 116 cm³/mol. The van der Waals surface area contributed by atoms with Gasteiger partial charge in [0.05, 0.1) is 12.2 Å². The van der Waals surface area contributed by atoms with Gasteiger partial charge in [0.1, 0.15) is 5.75 Å². The third kappa shape index (κ3) is 6.68. The predicted octanol–water partition coefficient (Wildman–Crippen LogP) is 4.90. The number of carbonyl (C=O) groups excluding carboxylic acids is 2. The summed E-state index contributed by atoms with van der Waals surface area (Å²) in [7, 11) is 3.49. The lowest BCUT2D eigenvalue weighted by atomic mass is 10.1. The van der Waals surface area contributed by atoms with Crippen LogP contribution in [0.5, 0.6) is 5.75 Å². The minimum atomic E-state index is -0.227. The SMILES string of the molecule is CCCCOc1ccc(Br)cc1C(=O)Nc1cccc(CCC(=O)N(C)C)c1. The van der Waals surface area contributed by atoms with Crippen LogP contribution in [0.25, 0.3) is 0 Å². The van der Waals surface area contributed by atoms with Crippen molar-refractivity contribution < 1.29 is 14.3 Å². The number of rotatable bonds is 9. The Morgan fingerprint density at radius 1 is 1.14 bits per heavy atom. The quantitative estimate of drug-likeness (QED) is 0.557. The van der Waals surface area contributed by atoms with Crippen molar-refractivity contribution in [1.82, 2.24) is 4.90 Å². The maximum atomic E-state index is 12.8. The first kappa shape index (κ1) is 22.0. The maximum Gasteiger partial charge on any atom is 0.259 e. The highest BCUT2D eigenvalue weighted by molar-refractivity contribution is 9.10. The zero-order valence-corrected chi connectivity index (χ0v) is 18.2. The molecule has 5 nitrogen and oxygen atoms in total.